The number of aliphatic hydroxyl groups is 2. The Balaban J connectivity index is 0.000000426. The van der Waals surface area contributed by atoms with Crippen molar-refractivity contribution in [1.82, 2.24) is 23.9 Å². The predicted molar refractivity (Wildman–Crippen MR) is 297 cm³/mol. The molecule has 0 bridgehead atoms. The maximum atomic E-state index is 11.5. The fourth-order valence-electron chi connectivity index (χ4n) is 8.87. The number of nitro benzene ring substituents is 1. The summed E-state index contributed by atoms with van der Waals surface area (Å²) in [6, 6.07) is 5.75. The summed E-state index contributed by atoms with van der Waals surface area (Å²) in [6.45, 7) is 32.2. The van der Waals surface area contributed by atoms with E-state index >= 15 is 0 Å². The fourth-order valence-corrected chi connectivity index (χ4v) is 10.4. The molecule has 1 aromatic carbocycles. The summed E-state index contributed by atoms with van der Waals surface area (Å²) in [6.07, 6.45) is 23.0. The monoisotopic (exact) mass is 1130 g/mol. The molecule has 1 fully saturated rings. The number of nitrogens with zero attached hydrogens (tertiary/aromatic N) is 6. The van der Waals surface area contributed by atoms with Crippen LogP contribution in [0.3, 0.4) is 0 Å². The average molecular weight is 1130 g/mol. The number of benzene rings is 1. The largest absolute Gasteiger partial charge is 0.790 e. The van der Waals surface area contributed by atoms with Crippen LogP contribution in [0.2, 0.25) is 0 Å². The molecule has 1 aliphatic heterocycles. The van der Waals surface area contributed by atoms with E-state index in [1.807, 2.05) is 14.7 Å². The van der Waals surface area contributed by atoms with Crippen molar-refractivity contribution >= 4 is 38.1 Å². The lowest BCUT2D eigenvalue weighted by Crippen LogP contribution is -3.12. The first kappa shape index (κ1) is 69.8. The summed E-state index contributed by atoms with van der Waals surface area (Å²) in [7, 11) is -11.5. The van der Waals surface area contributed by atoms with Crippen LogP contribution in [0, 0.1) is 10.1 Å². The van der Waals surface area contributed by atoms with Crippen LogP contribution in [0.5, 0.6) is 0 Å². The first-order valence-electron chi connectivity index (χ1n) is 29.0. The van der Waals surface area contributed by atoms with Gasteiger partial charge in [0.1, 0.15) is 24.6 Å². The summed E-state index contributed by atoms with van der Waals surface area (Å²) < 4.78 is 38.0. The van der Waals surface area contributed by atoms with Gasteiger partial charge in [-0.15, -0.1) is 0 Å². The summed E-state index contributed by atoms with van der Waals surface area (Å²) in [4.78, 5) is 61.5. The van der Waals surface area contributed by atoms with E-state index in [-0.39, 0.29) is 16.9 Å². The summed E-state index contributed by atoms with van der Waals surface area (Å²) in [5.74, 6) is 0. The third-order valence-corrected chi connectivity index (χ3v) is 15.6. The van der Waals surface area contributed by atoms with Gasteiger partial charge in [0.15, 0.2) is 23.0 Å². The van der Waals surface area contributed by atoms with Crippen molar-refractivity contribution in [2.75, 3.05) is 65.5 Å². The first-order chi connectivity index (χ1) is 36.9. The third-order valence-electron chi connectivity index (χ3n) is 13.6. The van der Waals surface area contributed by atoms with Crippen LogP contribution in [0.4, 0.5) is 5.69 Å². The predicted octanol–water partition coefficient (Wildman–Crippen LogP) is 5.42. The highest BCUT2D eigenvalue weighted by molar-refractivity contribution is 7.58. The van der Waals surface area contributed by atoms with Crippen molar-refractivity contribution in [1.29, 1.82) is 0 Å². The number of phosphoric acid groups is 2. The molecule has 21 nitrogen and oxygen atoms in total. The molecule has 5 N–H and O–H groups in total. The number of nitro groups is 1. The van der Waals surface area contributed by atoms with Crippen molar-refractivity contribution in [3.8, 4) is 11.3 Å². The number of quaternary nitrogens is 3. The molecule has 1 aliphatic rings. The zero-order valence-corrected chi connectivity index (χ0v) is 50.0. The minimum absolute atomic E-state index is 0.0808. The number of unbranched alkanes of at least 4 members (excludes halogenated alkanes) is 9. The number of ether oxygens (including phenoxy) is 1. The Kier molecular flexibility index (Phi) is 35.5. The molecular weight excluding hydrogens is 1030 g/mol. The molecule has 3 aromatic heterocycles. The number of hydrogen-bond donors (Lipinski definition) is 5. The maximum Gasteiger partial charge on any atom is 0.271 e. The van der Waals surface area contributed by atoms with Crippen LogP contribution in [-0.4, -0.2) is 123 Å². The first-order valence-corrected chi connectivity index (χ1v) is 32.0. The summed E-state index contributed by atoms with van der Waals surface area (Å²) in [5.41, 5.74) is 1.77. The molecule has 0 spiro atoms. The van der Waals surface area contributed by atoms with Crippen molar-refractivity contribution in [2.45, 2.75) is 202 Å². The molecule has 23 heteroatoms. The van der Waals surface area contributed by atoms with E-state index in [0.717, 1.165) is 0 Å². The molecule has 5 atom stereocenters. The Bertz CT molecular complexity index is 2150. The molecular formula is C54H99N9O12P2. The Morgan fingerprint density at radius 1 is 0.610 bits per heavy atom. The van der Waals surface area contributed by atoms with Gasteiger partial charge in [-0.25, -0.2) is 15.0 Å². The van der Waals surface area contributed by atoms with E-state index in [2.05, 4.69) is 86.1 Å². The van der Waals surface area contributed by atoms with Gasteiger partial charge in [-0.05, 0) is 69.9 Å². The molecule has 442 valence electrons. The summed E-state index contributed by atoms with van der Waals surface area (Å²) >= 11 is 0. The molecule has 0 aliphatic carbocycles. The zero-order valence-electron chi connectivity index (χ0n) is 48.2. The van der Waals surface area contributed by atoms with Crippen LogP contribution in [-0.2, 0) is 22.7 Å². The van der Waals surface area contributed by atoms with Crippen molar-refractivity contribution in [3.05, 3.63) is 53.2 Å². The molecule has 0 radical (unpaired) electrons. The molecule has 1 saturated heterocycles. The number of hydrogen-bond acceptors (Lipinski definition) is 15. The number of non-ortho nitro benzene ring substituents is 1. The second-order valence-corrected chi connectivity index (χ2v) is 22.9. The van der Waals surface area contributed by atoms with Gasteiger partial charge in [0, 0.05) is 23.9 Å². The molecule has 1 unspecified atom stereocenters. The molecule has 4 heterocycles. The highest BCUT2D eigenvalue weighted by Gasteiger charge is 2.45. The normalized spacial score (nSPS) is 17.3. The highest BCUT2D eigenvalue weighted by Crippen LogP contribution is 2.50. The van der Waals surface area contributed by atoms with Gasteiger partial charge >= 0.3 is 0 Å². The molecule has 5 rings (SSSR count). The van der Waals surface area contributed by atoms with E-state index in [9.17, 15) is 44.1 Å². The smallest absolute Gasteiger partial charge is 0.271 e. The number of phosphoric ester groups is 1. The van der Waals surface area contributed by atoms with Crippen LogP contribution in [0.25, 0.3) is 28.1 Å². The Morgan fingerprint density at radius 3 is 1.38 bits per heavy atom. The van der Waals surface area contributed by atoms with Gasteiger partial charge in [-0.3, -0.25) is 28.0 Å². The van der Waals surface area contributed by atoms with Gasteiger partial charge in [-0.1, -0.05) is 120 Å². The van der Waals surface area contributed by atoms with Crippen LogP contribution in [0.15, 0.2) is 43.1 Å². The van der Waals surface area contributed by atoms with E-state index in [4.69, 9.17) is 4.74 Å². The third kappa shape index (κ3) is 26.7. The quantitative estimate of drug-likeness (QED) is 0.0219. The SMILES string of the molecule is CCCC[NH+](CCCC)CCCC.CCCC[NH+](CCCC)CCCC.CCCC[NH+](CCCC)CCCC.O=[N+]([O-])c1ccc(-c2cn3cnc4c(ncn4[C@@H]4O[C@H](COP(=O)([O-])OP(=O)([O-])[O-])[C@@H](O)[C@H]4O)c3n2)cc1. The van der Waals surface area contributed by atoms with Gasteiger partial charge in [-0.2, -0.15) is 0 Å². The van der Waals surface area contributed by atoms with Crippen LogP contribution >= 0.6 is 15.6 Å². The Morgan fingerprint density at radius 2 is 1.01 bits per heavy atom. The number of fused-ring (bicyclic) bond motifs is 3. The minimum atomic E-state index is -5.91. The van der Waals surface area contributed by atoms with Gasteiger partial charge in [0.25, 0.3) is 13.5 Å². The highest BCUT2D eigenvalue weighted by atomic mass is 31.3. The second kappa shape index (κ2) is 39.2. The standard InChI is InChI=1S/C18H18N6O12P2.3C12H27N/c25-14-12(6-34-38(32,33)36-37(29,30)31)35-18(15(14)26)23-8-19-13-16(23)20-7-22-5-11(21-17(13)22)9-1-3-10(4-2-9)24(27)28;3*1-4-7-10-13(11-8-5-2)12-9-6-3/h1-5,7-8,12,14-15,18,25-26H,6H2,(H,32,33)(H2,29,30,31);3*4-12H2,1-3H3/t12-,14-,15-,18-;;;/m1.../s1. The van der Waals surface area contributed by atoms with Crippen molar-refractivity contribution < 1.29 is 67.2 Å². The van der Waals surface area contributed by atoms with Crippen molar-refractivity contribution in [3.63, 3.8) is 0 Å². The van der Waals surface area contributed by atoms with Gasteiger partial charge in [0.2, 0.25) is 0 Å². The number of aromatic nitrogens is 5. The molecule has 4 aromatic rings. The van der Waals surface area contributed by atoms with Crippen LogP contribution in [0.1, 0.15) is 184 Å². The zero-order chi connectivity index (χ0) is 57.2. The number of imidazole rings is 2. The lowest BCUT2D eigenvalue weighted by Gasteiger charge is -2.35. The van der Waals surface area contributed by atoms with Crippen molar-refractivity contribution in [2.24, 2.45) is 0 Å². The number of nitrogens with one attached hydrogen (secondary N) is 3. The van der Waals surface area contributed by atoms with Gasteiger partial charge in [0.05, 0.1) is 90.3 Å². The Labute approximate surface area is 460 Å². The number of aliphatic hydroxyl groups excluding tert-OH is 2. The molecule has 0 amide bonds. The van der Waals surface area contributed by atoms with Crippen LogP contribution < -0.4 is 29.4 Å². The minimum Gasteiger partial charge on any atom is -0.790 e. The fraction of sp³-hybridized carbons (Fsp3) is 0.759. The lowest BCUT2D eigenvalue weighted by atomic mass is 10.1. The van der Waals surface area contributed by atoms with Gasteiger partial charge < -0.3 is 53.4 Å². The second-order valence-electron chi connectivity index (χ2n) is 20.2. The topological polar surface area (TPSA) is 276 Å². The maximum absolute atomic E-state index is 11.5. The van der Waals surface area contributed by atoms with E-state index < -0.39 is 51.7 Å². The number of rotatable bonds is 35. The molecule has 0 saturated carbocycles. The van der Waals surface area contributed by atoms with E-state index in [1.165, 1.54) is 216 Å². The Hall–Kier alpha value is -3.27. The average Bonchev–Trinajstić information content (AvgIpc) is 4.12. The van der Waals surface area contributed by atoms with E-state index in [0.29, 0.717) is 16.9 Å². The van der Waals surface area contributed by atoms with E-state index in [1.54, 1.807) is 10.6 Å². The lowest BCUT2D eigenvalue weighted by molar-refractivity contribution is -0.900. The molecule has 77 heavy (non-hydrogen) atoms. The summed E-state index contributed by atoms with van der Waals surface area (Å²) in [5, 5.41) is 31.7.